The predicted molar refractivity (Wildman–Crippen MR) is 165 cm³/mol. The molecule has 1 N–H and O–H groups in total. The topological polar surface area (TPSA) is 66.8 Å². The summed E-state index contributed by atoms with van der Waals surface area (Å²) in [6.07, 6.45) is 16.1. The Labute approximate surface area is 241 Å². The van der Waals surface area contributed by atoms with Crippen molar-refractivity contribution in [1.29, 1.82) is 0 Å². The van der Waals surface area contributed by atoms with E-state index in [1.807, 2.05) is 0 Å². The second-order valence-electron chi connectivity index (χ2n) is 12.9. The third-order valence-electron chi connectivity index (χ3n) is 9.93. The van der Waals surface area contributed by atoms with Crippen molar-refractivity contribution in [3.05, 3.63) is 35.5 Å². The first-order valence-electron chi connectivity index (χ1n) is 15.8. The minimum atomic E-state index is -4.42. The van der Waals surface area contributed by atoms with Gasteiger partial charge in [-0.2, -0.15) is 8.42 Å². The first kappa shape index (κ1) is 34.3. The molecule has 6 heteroatoms. The molecule has 39 heavy (non-hydrogen) atoms. The van der Waals surface area contributed by atoms with Gasteiger partial charge in [-0.05, 0) is 99.2 Å². The van der Waals surface area contributed by atoms with Crippen molar-refractivity contribution in [3.8, 4) is 0 Å². The molecular formula is C33H59NO4S. The van der Waals surface area contributed by atoms with Crippen LogP contribution in [0.25, 0.3) is 0 Å². The lowest BCUT2D eigenvalue weighted by Gasteiger charge is -2.44. The van der Waals surface area contributed by atoms with Gasteiger partial charge in [0.05, 0.1) is 6.10 Å². The van der Waals surface area contributed by atoms with Crippen molar-refractivity contribution in [1.82, 2.24) is 4.90 Å². The second-order valence-corrected chi connectivity index (χ2v) is 14.0. The summed E-state index contributed by atoms with van der Waals surface area (Å²) in [5, 5.41) is 0. The molecule has 3 fully saturated rings. The zero-order chi connectivity index (χ0) is 29.2. The highest BCUT2D eigenvalue weighted by molar-refractivity contribution is 7.80. The number of fused-ring (bicyclic) bond motifs is 1. The van der Waals surface area contributed by atoms with Crippen molar-refractivity contribution in [3.63, 3.8) is 0 Å². The molecule has 3 aliphatic rings. The van der Waals surface area contributed by atoms with Gasteiger partial charge >= 0.3 is 10.4 Å². The summed E-state index contributed by atoms with van der Waals surface area (Å²) in [7, 11) is -4.42. The summed E-state index contributed by atoms with van der Waals surface area (Å²) in [5.74, 6) is 3.06. The Morgan fingerprint density at radius 1 is 1.05 bits per heavy atom. The molecule has 5 atom stereocenters. The van der Waals surface area contributed by atoms with Crippen LogP contribution in [0.3, 0.4) is 0 Å². The van der Waals surface area contributed by atoms with Crippen molar-refractivity contribution in [2.24, 2.45) is 29.1 Å². The van der Waals surface area contributed by atoms with Gasteiger partial charge in [0.25, 0.3) is 0 Å². The van der Waals surface area contributed by atoms with Gasteiger partial charge < -0.3 is 4.90 Å². The maximum atomic E-state index is 11.1. The van der Waals surface area contributed by atoms with Crippen LogP contribution in [0.5, 0.6) is 0 Å². The molecular weight excluding hydrogens is 506 g/mol. The number of rotatable bonds is 11. The molecule has 0 spiro atoms. The van der Waals surface area contributed by atoms with Gasteiger partial charge in [0.15, 0.2) is 0 Å². The van der Waals surface area contributed by atoms with Gasteiger partial charge in [-0.3, -0.25) is 4.55 Å². The van der Waals surface area contributed by atoms with Crippen LogP contribution in [0.15, 0.2) is 35.5 Å². The van der Waals surface area contributed by atoms with Gasteiger partial charge in [-0.25, -0.2) is 4.18 Å². The highest BCUT2D eigenvalue weighted by Crippen LogP contribution is 2.60. The zero-order valence-corrected chi connectivity index (χ0v) is 27.0. The molecule has 0 saturated heterocycles. The van der Waals surface area contributed by atoms with Crippen molar-refractivity contribution in [2.45, 2.75) is 125 Å². The van der Waals surface area contributed by atoms with Crippen LogP contribution in [0.1, 0.15) is 119 Å². The monoisotopic (exact) mass is 565 g/mol. The van der Waals surface area contributed by atoms with Gasteiger partial charge in [0, 0.05) is 6.42 Å². The smallest absolute Gasteiger partial charge is 0.304 e. The lowest BCUT2D eigenvalue weighted by atomic mass is 9.60. The Hall–Kier alpha value is -0.950. The molecule has 5 nitrogen and oxygen atoms in total. The van der Waals surface area contributed by atoms with Gasteiger partial charge in [-0.1, -0.05) is 97.6 Å². The average molecular weight is 566 g/mol. The minimum Gasteiger partial charge on any atom is -0.304 e. The van der Waals surface area contributed by atoms with Crippen LogP contribution < -0.4 is 0 Å². The molecule has 0 aromatic rings. The zero-order valence-electron chi connectivity index (χ0n) is 26.2. The normalized spacial score (nSPS) is 30.5. The van der Waals surface area contributed by atoms with E-state index in [4.69, 9.17) is 8.74 Å². The average Bonchev–Trinajstić information content (AvgIpc) is 3.22. The molecule has 3 aliphatic carbocycles. The fourth-order valence-corrected chi connectivity index (χ4v) is 8.08. The van der Waals surface area contributed by atoms with E-state index >= 15 is 0 Å². The molecule has 0 heterocycles. The molecule has 0 aliphatic heterocycles. The molecule has 0 unspecified atom stereocenters. The summed E-state index contributed by atoms with van der Waals surface area (Å²) in [4.78, 5) is 2.38. The fraction of sp³-hybridized carbons (Fsp3) is 0.818. The van der Waals surface area contributed by atoms with Crippen molar-refractivity contribution >= 4 is 10.4 Å². The maximum Gasteiger partial charge on any atom is 0.397 e. The molecule has 0 radical (unpaired) electrons. The standard InChI is InChI=1S/C27H44O4S.C6H15N/c1-19(2)8-6-9-21(4)25-15-16-26-22(10-7-17-27(25,26)5)12-13-23-18-24(14-11-20(23)3)31-32(28,29)30;1-4-7(5-2)6-3/h12-13,19,21,24-26H,3,6-11,14-18H2,1-2,4-5H3,(H,28,29,30);4-6H2,1-3H3/b22-12+,23-13-;/t21-,24+,25-,26+,27-;/m1./s1. The van der Waals surface area contributed by atoms with Gasteiger partial charge in [0.2, 0.25) is 0 Å². The van der Waals surface area contributed by atoms with Crippen LogP contribution in [-0.4, -0.2) is 43.6 Å². The highest BCUT2D eigenvalue weighted by Gasteiger charge is 2.50. The first-order valence-corrected chi connectivity index (χ1v) is 17.2. The number of nitrogens with zero attached hydrogens (tertiary/aromatic N) is 1. The van der Waals surface area contributed by atoms with Crippen molar-refractivity contribution in [2.75, 3.05) is 19.6 Å². The molecule has 0 bridgehead atoms. The maximum absolute atomic E-state index is 11.1. The first-order chi connectivity index (χ1) is 18.3. The number of allylic oxidation sites excluding steroid dienone is 4. The SMILES string of the molecule is C=C1CC[C@H](OS(=O)(=O)O)C/C1=C/C=C1\CCC[C@]2(C)[C@@H]([C@H](C)CCCC(C)C)CC[C@@H]12.CCN(CC)CC. The van der Waals surface area contributed by atoms with Crippen molar-refractivity contribution < 1.29 is 17.2 Å². The summed E-state index contributed by atoms with van der Waals surface area (Å²) in [5.41, 5.74) is 4.08. The number of hydrogen-bond donors (Lipinski definition) is 1. The van der Waals surface area contributed by atoms with Crippen LogP contribution in [-0.2, 0) is 14.6 Å². The van der Waals surface area contributed by atoms with E-state index in [-0.39, 0.29) is 0 Å². The molecule has 0 aromatic heterocycles. The van der Waals surface area contributed by atoms with Crippen LogP contribution >= 0.6 is 0 Å². The third-order valence-corrected chi connectivity index (χ3v) is 10.4. The largest absolute Gasteiger partial charge is 0.397 e. The summed E-state index contributed by atoms with van der Waals surface area (Å²) < 4.78 is 36.1. The number of hydrogen-bond acceptors (Lipinski definition) is 4. The van der Waals surface area contributed by atoms with Gasteiger partial charge in [0.1, 0.15) is 0 Å². The summed E-state index contributed by atoms with van der Waals surface area (Å²) in [6, 6.07) is 0. The Morgan fingerprint density at radius 2 is 1.72 bits per heavy atom. The van der Waals surface area contributed by atoms with Crippen LogP contribution in [0.4, 0.5) is 0 Å². The highest BCUT2D eigenvalue weighted by atomic mass is 32.3. The van der Waals surface area contributed by atoms with Crippen LogP contribution in [0.2, 0.25) is 0 Å². The lowest BCUT2D eigenvalue weighted by molar-refractivity contribution is 0.0928. The summed E-state index contributed by atoms with van der Waals surface area (Å²) in [6.45, 7) is 24.0. The Morgan fingerprint density at radius 3 is 2.28 bits per heavy atom. The molecule has 0 aromatic carbocycles. The minimum absolute atomic E-state index is 0.403. The van der Waals surface area contributed by atoms with E-state index in [0.29, 0.717) is 30.6 Å². The molecule has 3 rings (SSSR count). The lowest BCUT2D eigenvalue weighted by Crippen LogP contribution is -2.36. The van der Waals surface area contributed by atoms with E-state index in [1.54, 1.807) is 5.57 Å². The third kappa shape index (κ3) is 10.4. The van der Waals surface area contributed by atoms with Gasteiger partial charge in [-0.15, -0.1) is 0 Å². The Balaban J connectivity index is 0.000000673. The Kier molecular flexibility index (Phi) is 14.0. The molecule has 226 valence electrons. The van der Waals surface area contributed by atoms with E-state index < -0.39 is 16.5 Å². The Bertz CT molecular complexity index is 928. The molecule has 0 amide bonds. The van der Waals surface area contributed by atoms with E-state index in [1.165, 1.54) is 64.6 Å². The van der Waals surface area contributed by atoms with E-state index in [0.717, 1.165) is 35.3 Å². The van der Waals surface area contributed by atoms with E-state index in [9.17, 15) is 8.42 Å². The summed E-state index contributed by atoms with van der Waals surface area (Å²) >= 11 is 0. The quantitative estimate of drug-likeness (QED) is 0.254. The fourth-order valence-electron chi connectivity index (χ4n) is 7.57. The van der Waals surface area contributed by atoms with Crippen LogP contribution in [0, 0.1) is 29.1 Å². The van der Waals surface area contributed by atoms with E-state index in [2.05, 4.69) is 72.1 Å². The predicted octanol–water partition coefficient (Wildman–Crippen LogP) is 8.79. The molecule has 3 saturated carbocycles. The second kappa shape index (κ2) is 15.9.